The van der Waals surface area contributed by atoms with E-state index in [0.717, 1.165) is 11.1 Å². The van der Waals surface area contributed by atoms with E-state index in [1.54, 1.807) is 90.1 Å². The molecule has 2 N–H and O–H groups in total. The van der Waals surface area contributed by atoms with Crippen LogP contribution in [-0.2, 0) is 41.4 Å². The van der Waals surface area contributed by atoms with Crippen LogP contribution in [0.1, 0.15) is 52.7 Å². The first-order chi connectivity index (χ1) is 19.6. The van der Waals surface area contributed by atoms with E-state index in [1.165, 1.54) is 14.2 Å². The van der Waals surface area contributed by atoms with E-state index in [1.807, 2.05) is 0 Å². The Balaban J connectivity index is 2.02. The number of alkyl carbamates (subject to hydrolysis) is 2. The number of ether oxygens (including phenoxy) is 4. The molecule has 0 spiro atoms. The number of carbonyl (C=O) groups is 4. The minimum absolute atomic E-state index is 0.195. The van der Waals surface area contributed by atoms with E-state index in [0.29, 0.717) is 11.4 Å². The normalized spacial score (nSPS) is 13.0. The zero-order valence-corrected chi connectivity index (χ0v) is 25.3. The van der Waals surface area contributed by atoms with Crippen LogP contribution in [0.3, 0.4) is 0 Å². The predicted octanol–water partition coefficient (Wildman–Crippen LogP) is 5.32. The number of nitrogens with one attached hydrogen (secondary N) is 2. The van der Waals surface area contributed by atoms with Crippen LogP contribution in [0.15, 0.2) is 58.8 Å². The summed E-state index contributed by atoms with van der Waals surface area (Å²) in [7, 11) is 2.50. The van der Waals surface area contributed by atoms with Crippen molar-refractivity contribution in [1.82, 2.24) is 10.6 Å². The molecule has 12 heteroatoms. The van der Waals surface area contributed by atoms with Gasteiger partial charge in [-0.3, -0.25) is 0 Å². The lowest BCUT2D eigenvalue weighted by Gasteiger charge is -2.22. The molecule has 0 fully saturated rings. The third kappa shape index (κ3) is 12.4. The summed E-state index contributed by atoms with van der Waals surface area (Å²) in [5.41, 5.74) is 1.27. The summed E-state index contributed by atoms with van der Waals surface area (Å²) in [6.07, 6.45) is -1.04. The van der Waals surface area contributed by atoms with Crippen LogP contribution in [0, 0.1) is 0 Å². The van der Waals surface area contributed by atoms with Gasteiger partial charge in [0.1, 0.15) is 23.3 Å². The summed E-state index contributed by atoms with van der Waals surface area (Å²) in [6.45, 7) is 10.4. The Labute approximate surface area is 246 Å². The molecule has 0 saturated carbocycles. The number of hydrogen-bond acceptors (Lipinski definition) is 10. The first-order valence-corrected chi connectivity index (χ1v) is 13.3. The van der Waals surface area contributed by atoms with Crippen molar-refractivity contribution >= 4 is 35.5 Å². The molecule has 12 nitrogen and oxygen atoms in total. The highest BCUT2D eigenvalue weighted by Crippen LogP contribution is 2.21. The van der Waals surface area contributed by atoms with Gasteiger partial charge in [-0.2, -0.15) is 10.2 Å². The molecule has 0 bridgehead atoms. The largest absolute Gasteiger partial charge is 0.467 e. The number of nitrogens with zero attached hydrogens (tertiary/aromatic N) is 2. The molecule has 42 heavy (non-hydrogen) atoms. The first kappa shape index (κ1) is 33.7. The van der Waals surface area contributed by atoms with Crippen molar-refractivity contribution in [3.05, 3.63) is 59.7 Å². The van der Waals surface area contributed by atoms with Gasteiger partial charge < -0.3 is 29.6 Å². The SMILES string of the molecule is COC(=O)[C@H](Cc1ccc(N=Nc2ccc(C[C@H](NC(=O)OC(C)(C)C)C(=O)OC)cc2)cc1)NC(=O)OC(C)(C)C. The van der Waals surface area contributed by atoms with Crippen LogP contribution in [0.4, 0.5) is 21.0 Å². The van der Waals surface area contributed by atoms with Crippen LogP contribution in [0.5, 0.6) is 0 Å². The van der Waals surface area contributed by atoms with Gasteiger partial charge in [-0.25, -0.2) is 19.2 Å². The molecule has 2 rings (SSSR count). The van der Waals surface area contributed by atoms with Crippen LogP contribution >= 0.6 is 0 Å². The first-order valence-electron chi connectivity index (χ1n) is 13.3. The maximum Gasteiger partial charge on any atom is 0.408 e. The number of benzene rings is 2. The molecule has 2 amide bonds. The minimum atomic E-state index is -0.922. The quantitative estimate of drug-likeness (QED) is 0.216. The van der Waals surface area contributed by atoms with Gasteiger partial charge in [0.05, 0.1) is 25.6 Å². The van der Waals surface area contributed by atoms with Gasteiger partial charge in [0.2, 0.25) is 0 Å². The Morgan fingerprint density at radius 1 is 0.619 bits per heavy atom. The zero-order valence-electron chi connectivity index (χ0n) is 25.3. The zero-order chi connectivity index (χ0) is 31.5. The minimum Gasteiger partial charge on any atom is -0.467 e. The second-order valence-corrected chi connectivity index (χ2v) is 11.4. The van der Waals surface area contributed by atoms with Crippen LogP contribution in [0.2, 0.25) is 0 Å². The molecular weight excluding hydrogens is 544 g/mol. The van der Waals surface area contributed by atoms with Gasteiger partial charge in [-0.1, -0.05) is 24.3 Å². The fourth-order valence-corrected chi connectivity index (χ4v) is 3.55. The van der Waals surface area contributed by atoms with Gasteiger partial charge in [-0.05, 0) is 76.9 Å². The molecular formula is C30H40N4O8. The highest BCUT2D eigenvalue weighted by atomic mass is 16.6. The van der Waals surface area contributed by atoms with E-state index >= 15 is 0 Å². The monoisotopic (exact) mass is 584 g/mol. The Hall–Kier alpha value is -4.48. The molecule has 0 unspecified atom stereocenters. The predicted molar refractivity (Wildman–Crippen MR) is 155 cm³/mol. The maximum absolute atomic E-state index is 12.2. The highest BCUT2D eigenvalue weighted by Gasteiger charge is 2.26. The molecule has 228 valence electrons. The number of methoxy groups -OCH3 is 2. The maximum atomic E-state index is 12.2. The smallest absolute Gasteiger partial charge is 0.408 e. The molecule has 0 aromatic heterocycles. The third-order valence-electron chi connectivity index (χ3n) is 5.39. The highest BCUT2D eigenvalue weighted by molar-refractivity contribution is 5.82. The molecule has 0 heterocycles. The molecule has 0 aliphatic carbocycles. The second-order valence-electron chi connectivity index (χ2n) is 11.4. The summed E-state index contributed by atoms with van der Waals surface area (Å²) in [4.78, 5) is 48.7. The summed E-state index contributed by atoms with van der Waals surface area (Å²) < 4.78 is 20.1. The number of azo groups is 1. The number of carbonyl (C=O) groups excluding carboxylic acids is 4. The van der Waals surface area contributed by atoms with Crippen LogP contribution in [-0.4, -0.2) is 61.6 Å². The Morgan fingerprint density at radius 3 is 1.19 bits per heavy atom. The lowest BCUT2D eigenvalue weighted by Crippen LogP contribution is -2.45. The fraction of sp³-hybridized carbons (Fsp3) is 0.467. The van der Waals surface area contributed by atoms with Crippen molar-refractivity contribution in [2.75, 3.05) is 14.2 Å². The molecule has 2 aromatic rings. The van der Waals surface area contributed by atoms with Crippen LogP contribution < -0.4 is 10.6 Å². The summed E-state index contributed by atoms with van der Waals surface area (Å²) in [5, 5.41) is 13.6. The Bertz CT molecular complexity index is 1150. The van der Waals surface area contributed by atoms with Crippen LogP contribution in [0.25, 0.3) is 0 Å². The third-order valence-corrected chi connectivity index (χ3v) is 5.39. The van der Waals surface area contributed by atoms with Gasteiger partial charge in [-0.15, -0.1) is 0 Å². The summed E-state index contributed by atoms with van der Waals surface area (Å²) in [5.74, 6) is -1.18. The van der Waals surface area contributed by atoms with E-state index < -0.39 is 47.4 Å². The average molecular weight is 585 g/mol. The standard InChI is InChI=1S/C30H40N4O8/c1-29(2,3)41-27(37)31-23(25(35)39-7)17-19-9-13-21(14-10-19)33-34-22-15-11-20(12-16-22)18-24(26(36)40-8)32-28(38)42-30(4,5)6/h9-16,23-24H,17-18H2,1-8H3,(H,31,37)(H,32,38)/t23-,24-/m0/s1. The van der Waals surface area contributed by atoms with Crippen molar-refractivity contribution in [3.63, 3.8) is 0 Å². The molecule has 2 aromatic carbocycles. The van der Waals surface area contributed by atoms with E-state index in [9.17, 15) is 19.2 Å². The number of rotatable bonds is 10. The summed E-state index contributed by atoms with van der Waals surface area (Å²) >= 11 is 0. The molecule has 0 aliphatic rings. The summed E-state index contributed by atoms with van der Waals surface area (Å²) in [6, 6.07) is 12.2. The molecule has 2 atom stereocenters. The van der Waals surface area contributed by atoms with Crippen molar-refractivity contribution in [1.29, 1.82) is 0 Å². The topological polar surface area (TPSA) is 154 Å². The molecule has 0 saturated heterocycles. The van der Waals surface area contributed by atoms with Gasteiger partial charge >= 0.3 is 24.1 Å². The van der Waals surface area contributed by atoms with Crippen molar-refractivity contribution in [3.8, 4) is 0 Å². The lowest BCUT2D eigenvalue weighted by molar-refractivity contribution is -0.143. The van der Waals surface area contributed by atoms with Crippen molar-refractivity contribution in [2.24, 2.45) is 10.2 Å². The van der Waals surface area contributed by atoms with E-state index in [-0.39, 0.29) is 12.8 Å². The van der Waals surface area contributed by atoms with Gasteiger partial charge in [0, 0.05) is 12.8 Å². The van der Waals surface area contributed by atoms with E-state index in [4.69, 9.17) is 18.9 Å². The Kier molecular flexibility index (Phi) is 12.0. The lowest BCUT2D eigenvalue weighted by atomic mass is 10.1. The van der Waals surface area contributed by atoms with Crippen molar-refractivity contribution < 1.29 is 38.1 Å². The van der Waals surface area contributed by atoms with E-state index in [2.05, 4.69) is 20.9 Å². The van der Waals surface area contributed by atoms with Gasteiger partial charge in [0.25, 0.3) is 0 Å². The van der Waals surface area contributed by atoms with Gasteiger partial charge in [0.15, 0.2) is 0 Å². The number of esters is 2. The average Bonchev–Trinajstić information content (AvgIpc) is 2.89. The fourth-order valence-electron chi connectivity index (χ4n) is 3.55. The molecule has 0 radical (unpaired) electrons. The number of amides is 2. The van der Waals surface area contributed by atoms with Crippen molar-refractivity contribution in [2.45, 2.75) is 77.7 Å². The second kappa shape index (κ2) is 14.9. The number of hydrogen-bond donors (Lipinski definition) is 2. The Morgan fingerprint density at radius 2 is 0.929 bits per heavy atom. The molecule has 0 aliphatic heterocycles.